The van der Waals surface area contributed by atoms with Gasteiger partial charge in [0.25, 0.3) is 5.91 Å². The van der Waals surface area contributed by atoms with Gasteiger partial charge in [-0.2, -0.15) is 9.61 Å². The molecule has 5 rings (SSSR count). The predicted molar refractivity (Wildman–Crippen MR) is 104 cm³/mol. The smallest absolute Gasteiger partial charge is 0.326 e. The molecule has 1 saturated heterocycles. The zero-order valence-electron chi connectivity index (χ0n) is 15.4. The van der Waals surface area contributed by atoms with Crippen LogP contribution in [0, 0.1) is 11.6 Å². The van der Waals surface area contributed by atoms with Gasteiger partial charge in [-0.3, -0.25) is 10.1 Å². The molecule has 4 N–H and O–H groups in total. The van der Waals surface area contributed by atoms with Gasteiger partial charge in [0.1, 0.15) is 29.0 Å². The van der Waals surface area contributed by atoms with Crippen LogP contribution >= 0.6 is 0 Å². The summed E-state index contributed by atoms with van der Waals surface area (Å²) in [6, 6.07) is 4.47. The Morgan fingerprint density at radius 2 is 1.87 bits per heavy atom. The van der Waals surface area contributed by atoms with E-state index >= 15 is 0 Å². The van der Waals surface area contributed by atoms with Crippen LogP contribution in [-0.2, 0) is 4.79 Å². The van der Waals surface area contributed by atoms with Crippen LogP contribution in [0.1, 0.15) is 18.4 Å². The van der Waals surface area contributed by atoms with Gasteiger partial charge in [-0.05, 0) is 31.1 Å². The zero-order chi connectivity index (χ0) is 20.8. The summed E-state index contributed by atoms with van der Waals surface area (Å²) in [6.45, 7) is 0. The first kappa shape index (κ1) is 18.0. The normalized spacial score (nSPS) is 17.3. The largest absolute Gasteiger partial charge is 0.367 e. The minimum atomic E-state index is -0.715. The standard InChI is InChI=1S/C19H15F2N7O2/c20-10-4-11(21)6-13(5-10)23-15-7-16(24-12-1-2-12)28-17(26-15)9(8-22-28)3-14-18(29)27-19(30)25-14/h3-8,12,24H,1-2H2,(H,23,26)(H2,25,27,29,30). The van der Waals surface area contributed by atoms with Gasteiger partial charge in [-0.25, -0.2) is 18.6 Å². The quantitative estimate of drug-likeness (QED) is 0.379. The van der Waals surface area contributed by atoms with Crippen LogP contribution in [0.15, 0.2) is 36.2 Å². The number of imide groups is 1. The predicted octanol–water partition coefficient (Wildman–Crippen LogP) is 2.51. The molecule has 11 heteroatoms. The molecule has 0 atom stereocenters. The van der Waals surface area contributed by atoms with Crippen molar-refractivity contribution in [2.45, 2.75) is 18.9 Å². The van der Waals surface area contributed by atoms with E-state index < -0.39 is 23.6 Å². The van der Waals surface area contributed by atoms with Crippen molar-refractivity contribution in [3.05, 3.63) is 53.4 Å². The molecule has 1 aliphatic carbocycles. The highest BCUT2D eigenvalue weighted by molar-refractivity contribution is 6.14. The summed E-state index contributed by atoms with van der Waals surface area (Å²) in [5.41, 5.74) is 1.14. The van der Waals surface area contributed by atoms with E-state index in [2.05, 4.69) is 31.3 Å². The minimum Gasteiger partial charge on any atom is -0.367 e. The number of hydrogen-bond acceptors (Lipinski definition) is 6. The van der Waals surface area contributed by atoms with Gasteiger partial charge in [0.15, 0.2) is 5.65 Å². The van der Waals surface area contributed by atoms with Gasteiger partial charge >= 0.3 is 6.03 Å². The highest BCUT2D eigenvalue weighted by Gasteiger charge is 2.25. The van der Waals surface area contributed by atoms with Crippen molar-refractivity contribution in [2.24, 2.45) is 0 Å². The molecule has 0 unspecified atom stereocenters. The van der Waals surface area contributed by atoms with Crippen LogP contribution in [0.25, 0.3) is 11.7 Å². The molecular weight excluding hydrogens is 396 g/mol. The molecule has 1 aliphatic heterocycles. The molecule has 152 valence electrons. The summed E-state index contributed by atoms with van der Waals surface area (Å²) in [4.78, 5) is 27.7. The molecule has 3 amide bonds. The Hall–Kier alpha value is -4.02. The number of nitrogens with one attached hydrogen (secondary N) is 4. The van der Waals surface area contributed by atoms with E-state index in [4.69, 9.17) is 0 Å². The van der Waals surface area contributed by atoms with Gasteiger partial charge in [-0.15, -0.1) is 0 Å². The second kappa shape index (κ2) is 6.79. The molecule has 30 heavy (non-hydrogen) atoms. The lowest BCUT2D eigenvalue weighted by atomic mass is 10.2. The number of nitrogens with zero attached hydrogens (tertiary/aromatic N) is 3. The van der Waals surface area contributed by atoms with Gasteiger partial charge < -0.3 is 16.0 Å². The Morgan fingerprint density at radius 1 is 1.10 bits per heavy atom. The van der Waals surface area contributed by atoms with Crippen molar-refractivity contribution in [1.82, 2.24) is 25.2 Å². The van der Waals surface area contributed by atoms with Gasteiger partial charge in [0.2, 0.25) is 0 Å². The molecule has 3 aromatic rings. The van der Waals surface area contributed by atoms with E-state index in [1.165, 1.54) is 12.3 Å². The second-order valence-electron chi connectivity index (χ2n) is 7.03. The molecule has 2 aliphatic rings. The monoisotopic (exact) mass is 411 g/mol. The SMILES string of the molecule is O=C1NC(=O)C(=Cc2cnn3c(NC4CC4)cc(Nc4cc(F)cc(F)c4)nc23)N1. The van der Waals surface area contributed by atoms with Crippen molar-refractivity contribution in [2.75, 3.05) is 10.6 Å². The minimum absolute atomic E-state index is 0.0685. The number of aromatic nitrogens is 3. The Kier molecular flexibility index (Phi) is 4.09. The molecular formula is C19H15F2N7O2. The average Bonchev–Trinajstić information content (AvgIpc) is 3.30. The van der Waals surface area contributed by atoms with Crippen molar-refractivity contribution in [1.29, 1.82) is 0 Å². The van der Waals surface area contributed by atoms with Crippen LogP contribution < -0.4 is 21.3 Å². The van der Waals surface area contributed by atoms with Crippen molar-refractivity contribution >= 4 is 41.0 Å². The topological polar surface area (TPSA) is 112 Å². The molecule has 9 nitrogen and oxygen atoms in total. The number of anilines is 3. The van der Waals surface area contributed by atoms with Gasteiger partial charge in [-0.1, -0.05) is 0 Å². The summed E-state index contributed by atoms with van der Waals surface area (Å²) < 4.78 is 28.7. The molecule has 1 aromatic carbocycles. The number of urea groups is 1. The maximum Gasteiger partial charge on any atom is 0.326 e. The Labute approximate surface area is 168 Å². The third kappa shape index (κ3) is 3.52. The number of fused-ring (bicyclic) bond motifs is 1. The number of carbonyl (C=O) groups excluding carboxylic acids is 2. The second-order valence-corrected chi connectivity index (χ2v) is 7.03. The lowest BCUT2D eigenvalue weighted by Crippen LogP contribution is -2.22. The van der Waals surface area contributed by atoms with E-state index in [1.807, 2.05) is 0 Å². The lowest BCUT2D eigenvalue weighted by Gasteiger charge is -2.12. The highest BCUT2D eigenvalue weighted by atomic mass is 19.1. The van der Waals surface area contributed by atoms with Crippen LogP contribution in [-0.4, -0.2) is 32.6 Å². The van der Waals surface area contributed by atoms with Gasteiger partial charge in [0, 0.05) is 29.4 Å². The molecule has 1 saturated carbocycles. The third-order valence-electron chi connectivity index (χ3n) is 4.58. The first-order valence-electron chi connectivity index (χ1n) is 9.17. The van der Waals surface area contributed by atoms with E-state index in [9.17, 15) is 18.4 Å². The Bertz CT molecular complexity index is 1210. The van der Waals surface area contributed by atoms with Crippen molar-refractivity contribution in [3.8, 4) is 0 Å². The van der Waals surface area contributed by atoms with Crippen LogP contribution in [0.5, 0.6) is 0 Å². The van der Waals surface area contributed by atoms with E-state index in [0.29, 0.717) is 28.9 Å². The molecule has 0 radical (unpaired) electrons. The number of rotatable bonds is 5. The first-order chi connectivity index (χ1) is 14.4. The van der Waals surface area contributed by atoms with Crippen molar-refractivity contribution in [3.63, 3.8) is 0 Å². The number of hydrogen-bond donors (Lipinski definition) is 4. The van der Waals surface area contributed by atoms with Crippen LogP contribution in [0.3, 0.4) is 0 Å². The Morgan fingerprint density at radius 3 is 2.53 bits per heavy atom. The molecule has 0 spiro atoms. The van der Waals surface area contributed by atoms with E-state index in [-0.39, 0.29) is 11.4 Å². The molecule has 2 aromatic heterocycles. The van der Waals surface area contributed by atoms with Crippen LogP contribution in [0.4, 0.5) is 30.9 Å². The fourth-order valence-electron chi connectivity index (χ4n) is 3.10. The summed E-state index contributed by atoms with van der Waals surface area (Å²) in [5.74, 6) is -1.03. The summed E-state index contributed by atoms with van der Waals surface area (Å²) in [6.07, 6.45) is 5.01. The number of carbonyl (C=O) groups is 2. The molecule has 2 fully saturated rings. The molecule has 0 bridgehead atoms. The fraction of sp³-hybridized carbons (Fsp3) is 0.158. The lowest BCUT2D eigenvalue weighted by molar-refractivity contribution is -0.115. The maximum atomic E-state index is 13.5. The summed E-state index contributed by atoms with van der Waals surface area (Å²) >= 11 is 0. The van der Waals surface area contributed by atoms with Crippen molar-refractivity contribution < 1.29 is 18.4 Å². The third-order valence-corrected chi connectivity index (χ3v) is 4.58. The van der Waals surface area contributed by atoms with E-state index in [0.717, 1.165) is 31.0 Å². The van der Waals surface area contributed by atoms with Crippen LogP contribution in [0.2, 0.25) is 0 Å². The van der Waals surface area contributed by atoms with Gasteiger partial charge in [0.05, 0.1) is 6.20 Å². The zero-order valence-corrected chi connectivity index (χ0v) is 15.4. The number of benzene rings is 1. The van der Waals surface area contributed by atoms with E-state index in [1.54, 1.807) is 10.6 Å². The summed E-state index contributed by atoms with van der Waals surface area (Å²) in [7, 11) is 0. The Balaban J connectivity index is 1.58. The summed E-state index contributed by atoms with van der Waals surface area (Å²) in [5, 5.41) is 15.1. The maximum absolute atomic E-state index is 13.5. The fourth-order valence-corrected chi connectivity index (χ4v) is 3.10. The average molecular weight is 411 g/mol. The number of amides is 3. The first-order valence-corrected chi connectivity index (χ1v) is 9.17. The number of halogens is 2. The molecule has 3 heterocycles. The highest BCUT2D eigenvalue weighted by Crippen LogP contribution is 2.28.